The highest BCUT2D eigenvalue weighted by Crippen LogP contribution is 2.30. The second kappa shape index (κ2) is 6.95. The lowest BCUT2D eigenvalue weighted by Gasteiger charge is -2.07. The van der Waals surface area contributed by atoms with Crippen LogP contribution in [0.4, 0.5) is 0 Å². The standard InChI is InChI=1S/C17H15Cl2N3S/c1-11-5-3-4-6-14(11)16-20-21-17(22(16)2)23-10-12-7-8-13(18)9-15(12)19/h3-9H,10H2,1-2H3. The van der Waals surface area contributed by atoms with Gasteiger partial charge in [0.1, 0.15) is 0 Å². The molecular formula is C17H15Cl2N3S. The minimum atomic E-state index is 0.643. The van der Waals surface area contributed by atoms with Gasteiger partial charge in [0.05, 0.1) is 0 Å². The van der Waals surface area contributed by atoms with E-state index in [2.05, 4.69) is 29.3 Å². The van der Waals surface area contributed by atoms with Crippen LogP contribution in [0, 0.1) is 6.92 Å². The van der Waals surface area contributed by atoms with Crippen molar-refractivity contribution >= 4 is 35.0 Å². The predicted octanol–water partition coefficient (Wildman–Crippen LogP) is 5.39. The summed E-state index contributed by atoms with van der Waals surface area (Å²) in [6.07, 6.45) is 0. The number of aromatic nitrogens is 3. The van der Waals surface area contributed by atoms with Crippen LogP contribution in [0.5, 0.6) is 0 Å². The van der Waals surface area contributed by atoms with Gasteiger partial charge < -0.3 is 4.57 Å². The van der Waals surface area contributed by atoms with Crippen LogP contribution in [-0.4, -0.2) is 14.8 Å². The number of thioether (sulfide) groups is 1. The number of nitrogens with zero attached hydrogens (tertiary/aromatic N) is 3. The lowest BCUT2D eigenvalue weighted by molar-refractivity contribution is 0.793. The Bertz CT molecular complexity index is 846. The molecule has 0 atom stereocenters. The third kappa shape index (κ3) is 3.55. The molecule has 0 unspecified atom stereocenters. The molecule has 3 nitrogen and oxygen atoms in total. The van der Waals surface area contributed by atoms with Crippen LogP contribution in [0.1, 0.15) is 11.1 Å². The van der Waals surface area contributed by atoms with Crippen LogP contribution in [0.3, 0.4) is 0 Å². The molecule has 0 N–H and O–H groups in total. The lowest BCUT2D eigenvalue weighted by Crippen LogP contribution is -1.96. The summed E-state index contributed by atoms with van der Waals surface area (Å²) in [5.74, 6) is 1.59. The lowest BCUT2D eigenvalue weighted by atomic mass is 10.1. The van der Waals surface area contributed by atoms with E-state index in [4.69, 9.17) is 23.2 Å². The normalized spacial score (nSPS) is 11.0. The Labute approximate surface area is 149 Å². The number of rotatable bonds is 4. The van der Waals surface area contributed by atoms with Gasteiger partial charge in [-0.15, -0.1) is 10.2 Å². The van der Waals surface area contributed by atoms with Gasteiger partial charge in [-0.1, -0.05) is 65.3 Å². The first kappa shape index (κ1) is 16.4. The molecule has 0 saturated heterocycles. The highest BCUT2D eigenvalue weighted by Gasteiger charge is 2.13. The van der Waals surface area contributed by atoms with Crippen LogP contribution in [-0.2, 0) is 12.8 Å². The molecule has 2 aromatic carbocycles. The maximum atomic E-state index is 6.22. The van der Waals surface area contributed by atoms with Gasteiger partial charge in [-0.05, 0) is 30.2 Å². The molecule has 1 aromatic heterocycles. The van der Waals surface area contributed by atoms with E-state index >= 15 is 0 Å². The van der Waals surface area contributed by atoms with Crippen LogP contribution in [0.25, 0.3) is 11.4 Å². The molecule has 3 aromatic rings. The largest absolute Gasteiger partial charge is 0.305 e. The molecule has 0 amide bonds. The quantitative estimate of drug-likeness (QED) is 0.582. The summed E-state index contributed by atoms with van der Waals surface area (Å²) in [7, 11) is 1.98. The molecule has 23 heavy (non-hydrogen) atoms. The highest BCUT2D eigenvalue weighted by molar-refractivity contribution is 7.98. The molecule has 0 aliphatic carbocycles. The number of benzene rings is 2. The van der Waals surface area contributed by atoms with Crippen molar-refractivity contribution < 1.29 is 0 Å². The summed E-state index contributed by atoms with van der Waals surface area (Å²) in [5, 5.41) is 10.8. The topological polar surface area (TPSA) is 30.7 Å². The Hall–Kier alpha value is -1.49. The molecule has 0 aliphatic rings. The van der Waals surface area contributed by atoms with Crippen LogP contribution < -0.4 is 0 Å². The number of hydrogen-bond acceptors (Lipinski definition) is 3. The fraction of sp³-hybridized carbons (Fsp3) is 0.176. The van der Waals surface area contributed by atoms with E-state index in [-0.39, 0.29) is 0 Å². The minimum Gasteiger partial charge on any atom is -0.305 e. The number of hydrogen-bond donors (Lipinski definition) is 0. The van der Waals surface area contributed by atoms with E-state index in [0.717, 1.165) is 27.9 Å². The molecule has 3 rings (SSSR count). The smallest absolute Gasteiger partial charge is 0.191 e. The van der Waals surface area contributed by atoms with E-state index in [0.29, 0.717) is 10.0 Å². The van der Waals surface area contributed by atoms with Gasteiger partial charge in [-0.2, -0.15) is 0 Å². The van der Waals surface area contributed by atoms with Crippen molar-refractivity contribution in [2.45, 2.75) is 17.8 Å². The summed E-state index contributed by atoms with van der Waals surface area (Å²) < 4.78 is 2.01. The predicted molar refractivity (Wildman–Crippen MR) is 97.2 cm³/mol. The molecule has 0 spiro atoms. The van der Waals surface area contributed by atoms with Gasteiger partial charge in [-0.25, -0.2) is 0 Å². The first-order valence-corrected chi connectivity index (χ1v) is 8.82. The third-order valence-corrected chi connectivity index (χ3v) is 5.25. The zero-order valence-corrected chi connectivity index (χ0v) is 15.1. The minimum absolute atomic E-state index is 0.643. The molecule has 118 valence electrons. The monoisotopic (exact) mass is 363 g/mol. The van der Waals surface area contributed by atoms with Gasteiger partial charge >= 0.3 is 0 Å². The summed E-state index contributed by atoms with van der Waals surface area (Å²) in [6, 6.07) is 13.7. The average molecular weight is 364 g/mol. The van der Waals surface area contributed by atoms with Gasteiger partial charge in [0.2, 0.25) is 0 Å². The van der Waals surface area contributed by atoms with Gasteiger partial charge in [0.15, 0.2) is 11.0 Å². The van der Waals surface area contributed by atoms with E-state index in [1.54, 1.807) is 17.8 Å². The molecule has 0 saturated carbocycles. The summed E-state index contributed by atoms with van der Waals surface area (Å²) in [6.45, 7) is 2.07. The Morgan fingerprint density at radius 2 is 1.87 bits per heavy atom. The third-order valence-electron chi connectivity index (χ3n) is 3.59. The summed E-state index contributed by atoms with van der Waals surface area (Å²) in [5.41, 5.74) is 3.31. The Morgan fingerprint density at radius 3 is 2.61 bits per heavy atom. The molecule has 0 radical (unpaired) electrons. The van der Waals surface area contributed by atoms with Gasteiger partial charge in [0.25, 0.3) is 0 Å². The molecular weight excluding hydrogens is 349 g/mol. The zero-order chi connectivity index (χ0) is 16.4. The van der Waals surface area contributed by atoms with Crippen molar-refractivity contribution in [2.75, 3.05) is 0 Å². The number of halogens is 2. The van der Waals surface area contributed by atoms with Gasteiger partial charge in [0, 0.05) is 28.4 Å². The van der Waals surface area contributed by atoms with Crippen molar-refractivity contribution in [1.82, 2.24) is 14.8 Å². The van der Waals surface area contributed by atoms with Crippen LogP contribution >= 0.6 is 35.0 Å². The van der Waals surface area contributed by atoms with E-state index < -0.39 is 0 Å². The second-order valence-corrected chi connectivity index (χ2v) is 6.99. The van der Waals surface area contributed by atoms with Crippen molar-refractivity contribution in [1.29, 1.82) is 0 Å². The Morgan fingerprint density at radius 1 is 1.09 bits per heavy atom. The van der Waals surface area contributed by atoms with Gasteiger partial charge in [-0.3, -0.25) is 0 Å². The van der Waals surface area contributed by atoms with Crippen molar-refractivity contribution in [3.63, 3.8) is 0 Å². The summed E-state index contributed by atoms with van der Waals surface area (Å²) >= 11 is 13.7. The Kier molecular flexibility index (Phi) is 4.95. The average Bonchev–Trinajstić information content (AvgIpc) is 2.88. The highest BCUT2D eigenvalue weighted by atomic mass is 35.5. The second-order valence-electron chi connectivity index (χ2n) is 5.20. The maximum absolute atomic E-state index is 6.22. The van der Waals surface area contributed by atoms with Crippen LogP contribution in [0.2, 0.25) is 10.0 Å². The zero-order valence-electron chi connectivity index (χ0n) is 12.8. The first-order valence-electron chi connectivity index (χ1n) is 7.08. The molecule has 0 fully saturated rings. The number of aryl methyl sites for hydroxylation is 1. The van der Waals surface area contributed by atoms with Crippen molar-refractivity contribution in [2.24, 2.45) is 7.05 Å². The van der Waals surface area contributed by atoms with Crippen LogP contribution in [0.15, 0.2) is 47.6 Å². The SMILES string of the molecule is Cc1ccccc1-c1nnc(SCc2ccc(Cl)cc2Cl)n1C. The molecule has 6 heteroatoms. The maximum Gasteiger partial charge on any atom is 0.191 e. The summed E-state index contributed by atoms with van der Waals surface area (Å²) in [4.78, 5) is 0. The fourth-order valence-corrected chi connectivity index (χ4v) is 3.75. The van der Waals surface area contributed by atoms with E-state index in [1.807, 2.05) is 35.9 Å². The molecule has 0 aliphatic heterocycles. The Balaban J connectivity index is 1.81. The first-order chi connectivity index (χ1) is 11.1. The van der Waals surface area contributed by atoms with E-state index in [1.165, 1.54) is 5.56 Å². The fourth-order valence-electron chi connectivity index (χ4n) is 2.28. The van der Waals surface area contributed by atoms with E-state index in [9.17, 15) is 0 Å². The van der Waals surface area contributed by atoms with Crippen molar-refractivity contribution in [3.05, 3.63) is 63.6 Å². The molecule has 0 bridgehead atoms. The molecule has 1 heterocycles. The van der Waals surface area contributed by atoms with Crippen molar-refractivity contribution in [3.8, 4) is 11.4 Å².